The summed E-state index contributed by atoms with van der Waals surface area (Å²) in [6.07, 6.45) is 6.27. The first-order valence-corrected chi connectivity index (χ1v) is 10.1. The van der Waals surface area contributed by atoms with Crippen molar-refractivity contribution in [3.63, 3.8) is 0 Å². The Morgan fingerprint density at radius 1 is 1.22 bits per heavy atom. The number of hydrogen-bond acceptors (Lipinski definition) is 4. The van der Waals surface area contributed by atoms with E-state index >= 15 is 0 Å². The van der Waals surface area contributed by atoms with E-state index in [1.807, 2.05) is 11.6 Å². The molecule has 0 bridgehead atoms. The zero-order valence-corrected chi connectivity index (χ0v) is 16.3. The summed E-state index contributed by atoms with van der Waals surface area (Å²) in [5.74, 6) is -0.101. The van der Waals surface area contributed by atoms with Crippen molar-refractivity contribution in [1.82, 2.24) is 25.6 Å². The van der Waals surface area contributed by atoms with E-state index in [1.165, 1.54) is 11.1 Å². The van der Waals surface area contributed by atoms with Crippen LogP contribution in [0.15, 0.2) is 24.3 Å². The molecule has 1 aromatic heterocycles. The van der Waals surface area contributed by atoms with Crippen LogP contribution >= 0.6 is 0 Å². The quantitative estimate of drug-likeness (QED) is 0.871. The van der Waals surface area contributed by atoms with Gasteiger partial charge in [-0.3, -0.25) is 4.79 Å². The molecule has 2 fully saturated rings. The summed E-state index contributed by atoms with van der Waals surface area (Å²) >= 11 is 0. The number of carbonyl (C=O) groups is 1. The normalized spacial score (nSPS) is 19.9. The van der Waals surface area contributed by atoms with Crippen molar-refractivity contribution >= 4 is 5.91 Å². The van der Waals surface area contributed by atoms with E-state index in [9.17, 15) is 4.79 Å². The van der Waals surface area contributed by atoms with Crippen molar-refractivity contribution in [3.8, 4) is 0 Å². The van der Waals surface area contributed by atoms with Crippen LogP contribution in [0.2, 0.25) is 0 Å². The first-order valence-electron chi connectivity index (χ1n) is 10.1. The highest BCUT2D eigenvalue weighted by Gasteiger charge is 2.38. The molecular formula is C21H29N5O. The lowest BCUT2D eigenvalue weighted by atomic mass is 9.87. The predicted octanol–water partition coefficient (Wildman–Crippen LogP) is 3.02. The van der Waals surface area contributed by atoms with Crippen molar-refractivity contribution in [2.75, 3.05) is 13.1 Å². The van der Waals surface area contributed by atoms with Crippen LogP contribution in [0, 0.1) is 13.8 Å². The molecule has 0 atom stereocenters. The molecule has 2 N–H and O–H groups in total. The van der Waals surface area contributed by atoms with Crippen molar-refractivity contribution in [3.05, 3.63) is 46.8 Å². The van der Waals surface area contributed by atoms with Gasteiger partial charge in [0.2, 0.25) is 0 Å². The highest BCUT2D eigenvalue weighted by atomic mass is 16.2. The first kappa shape index (κ1) is 18.2. The van der Waals surface area contributed by atoms with E-state index in [0.29, 0.717) is 11.7 Å². The standard InChI is InChI=1S/C21H29N5O/c1-15-6-5-7-17(14-15)21(10-3-4-11-21)23-20(27)19-16(2)26(25-24-19)18-8-12-22-13-9-18/h5-7,14,18,22H,3-4,8-13H2,1-2H3,(H,23,27). The smallest absolute Gasteiger partial charge is 0.274 e. The van der Waals surface area contributed by atoms with Gasteiger partial charge in [0.05, 0.1) is 17.3 Å². The minimum absolute atomic E-state index is 0.101. The predicted molar refractivity (Wildman–Crippen MR) is 105 cm³/mol. The summed E-state index contributed by atoms with van der Waals surface area (Å²) < 4.78 is 1.95. The van der Waals surface area contributed by atoms with Gasteiger partial charge in [-0.2, -0.15) is 0 Å². The monoisotopic (exact) mass is 367 g/mol. The number of aryl methyl sites for hydroxylation is 1. The lowest BCUT2D eigenvalue weighted by Crippen LogP contribution is -2.44. The summed E-state index contributed by atoms with van der Waals surface area (Å²) in [7, 11) is 0. The summed E-state index contributed by atoms with van der Waals surface area (Å²) in [5, 5.41) is 15.3. The van der Waals surface area contributed by atoms with Gasteiger partial charge >= 0.3 is 0 Å². The number of carbonyl (C=O) groups excluding carboxylic acids is 1. The number of piperidine rings is 1. The molecule has 1 aromatic carbocycles. The van der Waals surface area contributed by atoms with Crippen LogP contribution in [0.25, 0.3) is 0 Å². The Morgan fingerprint density at radius 2 is 1.96 bits per heavy atom. The van der Waals surface area contributed by atoms with E-state index < -0.39 is 0 Å². The van der Waals surface area contributed by atoms with Gasteiger partial charge in [-0.25, -0.2) is 4.68 Å². The minimum atomic E-state index is -0.284. The average molecular weight is 367 g/mol. The van der Waals surface area contributed by atoms with Crippen LogP contribution in [0.4, 0.5) is 0 Å². The molecule has 27 heavy (non-hydrogen) atoms. The zero-order chi connectivity index (χ0) is 18.9. The molecule has 6 heteroatoms. The van der Waals surface area contributed by atoms with Gasteiger partial charge in [-0.15, -0.1) is 5.10 Å². The Labute approximate surface area is 160 Å². The van der Waals surface area contributed by atoms with Gasteiger partial charge in [-0.05, 0) is 58.2 Å². The maximum Gasteiger partial charge on any atom is 0.274 e. The Bertz CT molecular complexity index is 816. The molecule has 1 saturated carbocycles. The molecule has 1 aliphatic heterocycles. The molecule has 2 aromatic rings. The van der Waals surface area contributed by atoms with Crippen LogP contribution in [0.3, 0.4) is 0 Å². The molecule has 0 unspecified atom stereocenters. The second-order valence-electron chi connectivity index (χ2n) is 8.06. The van der Waals surface area contributed by atoms with Crippen LogP contribution in [-0.4, -0.2) is 34.0 Å². The molecule has 0 spiro atoms. The van der Waals surface area contributed by atoms with Gasteiger partial charge < -0.3 is 10.6 Å². The summed E-state index contributed by atoms with van der Waals surface area (Å²) in [6.45, 7) is 6.04. The molecule has 1 amide bonds. The Kier molecular flexibility index (Phi) is 5.00. The number of benzene rings is 1. The zero-order valence-electron chi connectivity index (χ0n) is 16.3. The molecular weight excluding hydrogens is 338 g/mol. The van der Waals surface area contributed by atoms with Crippen molar-refractivity contribution in [2.24, 2.45) is 0 Å². The summed E-state index contributed by atoms with van der Waals surface area (Å²) in [4.78, 5) is 13.1. The number of nitrogens with one attached hydrogen (secondary N) is 2. The van der Waals surface area contributed by atoms with E-state index in [0.717, 1.165) is 57.3 Å². The number of hydrogen-bond donors (Lipinski definition) is 2. The largest absolute Gasteiger partial charge is 0.341 e. The van der Waals surface area contributed by atoms with Gasteiger partial charge in [-0.1, -0.05) is 47.9 Å². The van der Waals surface area contributed by atoms with Gasteiger partial charge in [0, 0.05) is 0 Å². The number of nitrogens with zero attached hydrogens (tertiary/aromatic N) is 3. The third-order valence-electron chi connectivity index (χ3n) is 6.18. The Hall–Kier alpha value is -2.21. The van der Waals surface area contributed by atoms with Gasteiger partial charge in [0.15, 0.2) is 5.69 Å². The number of rotatable bonds is 4. The van der Waals surface area contributed by atoms with E-state index in [4.69, 9.17) is 0 Å². The Balaban J connectivity index is 1.58. The molecule has 144 valence electrons. The van der Waals surface area contributed by atoms with E-state index in [2.05, 4.69) is 52.1 Å². The maximum absolute atomic E-state index is 13.1. The van der Waals surface area contributed by atoms with Crippen LogP contribution in [0.5, 0.6) is 0 Å². The highest BCUT2D eigenvalue weighted by molar-refractivity contribution is 5.93. The highest BCUT2D eigenvalue weighted by Crippen LogP contribution is 2.39. The van der Waals surface area contributed by atoms with Crippen molar-refractivity contribution in [1.29, 1.82) is 0 Å². The minimum Gasteiger partial charge on any atom is -0.341 e. The SMILES string of the molecule is Cc1cccc(C2(NC(=O)c3nnn(C4CCNCC4)c3C)CCCC2)c1. The van der Waals surface area contributed by atoms with Gasteiger partial charge in [0.1, 0.15) is 0 Å². The molecule has 2 aliphatic rings. The molecule has 0 radical (unpaired) electrons. The molecule has 1 saturated heterocycles. The fourth-order valence-electron chi connectivity index (χ4n) is 4.63. The second kappa shape index (κ2) is 7.43. The van der Waals surface area contributed by atoms with Gasteiger partial charge in [0.25, 0.3) is 5.91 Å². The maximum atomic E-state index is 13.1. The molecule has 2 heterocycles. The molecule has 1 aliphatic carbocycles. The summed E-state index contributed by atoms with van der Waals surface area (Å²) in [5.41, 5.74) is 3.48. The average Bonchev–Trinajstić information content (AvgIpc) is 3.30. The fraction of sp³-hybridized carbons (Fsp3) is 0.571. The first-order chi connectivity index (χ1) is 13.1. The third-order valence-corrected chi connectivity index (χ3v) is 6.18. The number of amides is 1. The third kappa shape index (κ3) is 3.50. The summed E-state index contributed by atoms with van der Waals surface area (Å²) in [6, 6.07) is 8.84. The van der Waals surface area contributed by atoms with E-state index in [1.54, 1.807) is 0 Å². The number of aromatic nitrogens is 3. The van der Waals surface area contributed by atoms with Crippen LogP contribution in [0.1, 0.15) is 71.9 Å². The lowest BCUT2D eigenvalue weighted by molar-refractivity contribution is 0.0892. The van der Waals surface area contributed by atoms with Crippen LogP contribution in [-0.2, 0) is 5.54 Å². The van der Waals surface area contributed by atoms with Crippen molar-refractivity contribution in [2.45, 2.75) is 64.0 Å². The lowest BCUT2D eigenvalue weighted by Gasteiger charge is -2.31. The topological polar surface area (TPSA) is 71.8 Å². The van der Waals surface area contributed by atoms with Crippen molar-refractivity contribution < 1.29 is 4.79 Å². The van der Waals surface area contributed by atoms with E-state index in [-0.39, 0.29) is 11.4 Å². The Morgan fingerprint density at radius 3 is 2.67 bits per heavy atom. The molecule has 6 nitrogen and oxygen atoms in total. The van der Waals surface area contributed by atoms with Crippen LogP contribution < -0.4 is 10.6 Å². The molecule has 4 rings (SSSR count). The second-order valence-corrected chi connectivity index (χ2v) is 8.06. The fourth-order valence-corrected chi connectivity index (χ4v) is 4.63.